The smallest absolute Gasteiger partial charge is 0.355 e. The largest absolute Gasteiger partial charge is 0.417 e. The van der Waals surface area contributed by atoms with Crippen molar-refractivity contribution in [3.05, 3.63) is 98.5 Å². The molecule has 3 aromatic carbocycles. The van der Waals surface area contributed by atoms with Crippen LogP contribution in [0, 0.1) is 0 Å². The Balaban J connectivity index is 2.11. The molecule has 3 aromatic rings. The Morgan fingerprint density at radius 2 is 1.62 bits per heavy atom. The number of rotatable bonds is 11. The van der Waals surface area contributed by atoms with Crippen LogP contribution >= 0.6 is 34.8 Å². The molecule has 0 aliphatic carbocycles. The van der Waals surface area contributed by atoms with Crippen LogP contribution < -0.4 is 9.62 Å². The van der Waals surface area contributed by atoms with Gasteiger partial charge in [-0.05, 0) is 48.4 Å². The number of likely N-dealkylation sites (N-methyl/N-ethyl adjacent to an activating group) is 1. The molecule has 42 heavy (non-hydrogen) atoms. The van der Waals surface area contributed by atoms with Crippen LogP contribution in [0.4, 0.5) is 18.9 Å². The first-order chi connectivity index (χ1) is 19.6. The van der Waals surface area contributed by atoms with Gasteiger partial charge >= 0.3 is 6.18 Å². The minimum Gasteiger partial charge on any atom is -0.355 e. The Morgan fingerprint density at radius 1 is 0.952 bits per heavy atom. The number of amides is 2. The lowest BCUT2D eigenvalue weighted by atomic mass is 10.0. The third-order valence-corrected chi connectivity index (χ3v) is 8.26. The molecule has 0 spiro atoms. The molecule has 0 aliphatic rings. The highest BCUT2D eigenvalue weighted by Crippen LogP contribution is 2.37. The Morgan fingerprint density at radius 3 is 2.19 bits per heavy atom. The van der Waals surface area contributed by atoms with Crippen molar-refractivity contribution in [1.29, 1.82) is 0 Å². The predicted molar refractivity (Wildman–Crippen MR) is 158 cm³/mol. The van der Waals surface area contributed by atoms with E-state index in [9.17, 15) is 31.2 Å². The van der Waals surface area contributed by atoms with Crippen molar-refractivity contribution < 1.29 is 31.2 Å². The average Bonchev–Trinajstić information content (AvgIpc) is 2.90. The zero-order valence-electron chi connectivity index (χ0n) is 22.5. The maximum atomic E-state index is 14.0. The quantitative estimate of drug-likeness (QED) is 0.264. The van der Waals surface area contributed by atoms with Gasteiger partial charge in [-0.1, -0.05) is 71.2 Å². The summed E-state index contributed by atoms with van der Waals surface area (Å²) in [5, 5.41) is 2.59. The van der Waals surface area contributed by atoms with Gasteiger partial charge in [-0.2, -0.15) is 13.2 Å². The lowest BCUT2D eigenvalue weighted by Crippen LogP contribution is -2.53. The van der Waals surface area contributed by atoms with Crippen molar-refractivity contribution in [3.8, 4) is 0 Å². The molecule has 0 radical (unpaired) electrons. The van der Waals surface area contributed by atoms with Gasteiger partial charge in [0.15, 0.2) is 0 Å². The summed E-state index contributed by atoms with van der Waals surface area (Å²) >= 11 is 18.1. The van der Waals surface area contributed by atoms with Gasteiger partial charge < -0.3 is 10.2 Å². The molecule has 0 saturated carbocycles. The SMILES string of the molecule is CCNC(=O)[C@@H](Cc1ccccc1)N(Cc1ccc(Cl)cc1Cl)C(=O)CN(c1ccc(Cl)c(C(F)(F)F)c1)S(C)(=O)=O. The van der Waals surface area contributed by atoms with E-state index in [1.807, 2.05) is 0 Å². The van der Waals surface area contributed by atoms with Crippen LogP contribution in [0.3, 0.4) is 0 Å². The summed E-state index contributed by atoms with van der Waals surface area (Å²) in [5.41, 5.74) is -0.573. The number of hydrogen-bond donors (Lipinski definition) is 1. The van der Waals surface area contributed by atoms with Crippen molar-refractivity contribution in [2.24, 2.45) is 0 Å². The summed E-state index contributed by atoms with van der Waals surface area (Å²) in [6, 6.07) is 14.8. The third kappa shape index (κ3) is 8.76. The molecule has 7 nitrogen and oxygen atoms in total. The summed E-state index contributed by atoms with van der Waals surface area (Å²) in [4.78, 5) is 28.5. The Hall–Kier alpha value is -2.99. The topological polar surface area (TPSA) is 86.8 Å². The Labute approximate surface area is 257 Å². The zero-order chi connectivity index (χ0) is 31.2. The van der Waals surface area contributed by atoms with Crippen LogP contribution in [0.2, 0.25) is 15.1 Å². The van der Waals surface area contributed by atoms with E-state index in [1.54, 1.807) is 49.4 Å². The Kier molecular flexibility index (Phi) is 11.2. The van der Waals surface area contributed by atoms with E-state index >= 15 is 0 Å². The van der Waals surface area contributed by atoms with Crippen LogP contribution in [-0.4, -0.2) is 50.5 Å². The number of benzene rings is 3. The first kappa shape index (κ1) is 33.5. The minimum atomic E-state index is -4.88. The van der Waals surface area contributed by atoms with E-state index in [2.05, 4.69) is 5.32 Å². The minimum absolute atomic E-state index is 0.0572. The van der Waals surface area contributed by atoms with Gasteiger partial charge in [0, 0.05) is 29.6 Å². The van der Waals surface area contributed by atoms with E-state index in [0.29, 0.717) is 26.5 Å². The summed E-state index contributed by atoms with van der Waals surface area (Å²) in [7, 11) is -4.29. The van der Waals surface area contributed by atoms with Gasteiger partial charge in [-0.3, -0.25) is 13.9 Å². The molecule has 0 unspecified atom stereocenters. The maximum Gasteiger partial charge on any atom is 0.417 e. The van der Waals surface area contributed by atoms with Crippen molar-refractivity contribution in [1.82, 2.24) is 10.2 Å². The first-order valence-electron chi connectivity index (χ1n) is 12.5. The van der Waals surface area contributed by atoms with E-state index in [-0.39, 0.29) is 24.5 Å². The fourth-order valence-electron chi connectivity index (χ4n) is 4.18. The second-order valence-corrected chi connectivity index (χ2v) is 12.4. The summed E-state index contributed by atoms with van der Waals surface area (Å²) < 4.78 is 66.9. The average molecular weight is 665 g/mol. The van der Waals surface area contributed by atoms with Gasteiger partial charge in [0.25, 0.3) is 0 Å². The van der Waals surface area contributed by atoms with Crippen molar-refractivity contribution in [3.63, 3.8) is 0 Å². The fourth-order valence-corrected chi connectivity index (χ4v) is 5.71. The number of alkyl halides is 3. The van der Waals surface area contributed by atoms with Crippen molar-refractivity contribution in [2.45, 2.75) is 32.1 Å². The monoisotopic (exact) mass is 663 g/mol. The summed E-state index contributed by atoms with van der Waals surface area (Å²) in [6.07, 6.45) is -4.06. The standard InChI is InChI=1S/C28H27Cl3F3N3O4S/c1-3-35-27(39)25(13-18-7-5-4-6-8-18)36(16-19-9-10-20(29)14-24(19)31)26(38)17-37(42(2,40)41)21-11-12-23(30)22(15-21)28(32,33)34/h4-12,14-15,25H,3,13,16-17H2,1-2H3,(H,35,39)/t25-/m1/s1. The molecule has 0 bridgehead atoms. The van der Waals surface area contributed by atoms with Crippen molar-refractivity contribution >= 4 is 62.3 Å². The molecule has 226 valence electrons. The second-order valence-electron chi connectivity index (χ2n) is 9.29. The number of halogens is 6. The Bertz CT molecular complexity index is 1540. The molecule has 1 atom stereocenters. The molecule has 3 rings (SSSR count). The molecule has 0 heterocycles. The third-order valence-electron chi connectivity index (χ3n) is 6.20. The van der Waals surface area contributed by atoms with Gasteiger partial charge in [0.2, 0.25) is 21.8 Å². The molecule has 0 fully saturated rings. The number of carbonyl (C=O) groups excluding carboxylic acids is 2. The highest BCUT2D eigenvalue weighted by atomic mass is 35.5. The normalized spacial score (nSPS) is 12.5. The molecule has 0 saturated heterocycles. The first-order valence-corrected chi connectivity index (χ1v) is 15.5. The maximum absolute atomic E-state index is 14.0. The lowest BCUT2D eigenvalue weighted by molar-refractivity contribution is -0.140. The van der Waals surface area contributed by atoms with Crippen molar-refractivity contribution in [2.75, 3.05) is 23.7 Å². The van der Waals surface area contributed by atoms with Crippen LogP contribution in [0.5, 0.6) is 0 Å². The second kappa shape index (κ2) is 14.0. The van der Waals surface area contributed by atoms with E-state index < -0.39 is 56.9 Å². The number of hydrogen-bond acceptors (Lipinski definition) is 4. The molecule has 0 aromatic heterocycles. The molecular weight excluding hydrogens is 638 g/mol. The van der Waals surface area contributed by atoms with Crippen LogP contribution in [0.25, 0.3) is 0 Å². The number of carbonyl (C=O) groups is 2. The predicted octanol–water partition coefficient (Wildman–Crippen LogP) is 6.21. The van der Waals surface area contributed by atoms with Gasteiger partial charge in [-0.15, -0.1) is 0 Å². The van der Waals surface area contributed by atoms with E-state index in [4.69, 9.17) is 34.8 Å². The summed E-state index contributed by atoms with van der Waals surface area (Å²) in [6.45, 7) is 0.807. The van der Waals surface area contributed by atoms with E-state index in [0.717, 1.165) is 23.3 Å². The number of sulfonamides is 1. The van der Waals surface area contributed by atoms with E-state index in [1.165, 1.54) is 6.07 Å². The molecule has 0 aliphatic heterocycles. The highest BCUT2D eigenvalue weighted by molar-refractivity contribution is 7.92. The lowest BCUT2D eigenvalue weighted by Gasteiger charge is -2.33. The molecular formula is C28H27Cl3F3N3O4S. The summed E-state index contributed by atoms with van der Waals surface area (Å²) in [5.74, 6) is -1.38. The molecule has 14 heteroatoms. The highest BCUT2D eigenvalue weighted by Gasteiger charge is 2.36. The zero-order valence-corrected chi connectivity index (χ0v) is 25.5. The number of nitrogens with one attached hydrogen (secondary N) is 1. The van der Waals surface area contributed by atoms with Crippen LogP contribution in [0.15, 0.2) is 66.7 Å². The van der Waals surface area contributed by atoms with Gasteiger partial charge in [0.05, 0.1) is 22.5 Å². The van der Waals surface area contributed by atoms with Crippen LogP contribution in [0.1, 0.15) is 23.6 Å². The van der Waals surface area contributed by atoms with Gasteiger partial charge in [-0.25, -0.2) is 8.42 Å². The fraction of sp³-hybridized carbons (Fsp3) is 0.286. The molecule has 2 amide bonds. The van der Waals surface area contributed by atoms with Gasteiger partial charge in [0.1, 0.15) is 12.6 Å². The number of nitrogens with zero attached hydrogens (tertiary/aromatic N) is 2. The van der Waals surface area contributed by atoms with Crippen LogP contribution in [-0.2, 0) is 38.8 Å². The number of anilines is 1. The molecule has 1 N–H and O–H groups in total.